The molecule has 8 heteroatoms. The van der Waals surface area contributed by atoms with Crippen LogP contribution in [0.3, 0.4) is 0 Å². The molecule has 1 heterocycles. The van der Waals surface area contributed by atoms with E-state index in [2.05, 4.69) is 15.6 Å². The molecule has 2 aliphatic rings. The van der Waals surface area contributed by atoms with Crippen molar-refractivity contribution in [1.29, 1.82) is 0 Å². The van der Waals surface area contributed by atoms with Crippen LogP contribution in [0.15, 0.2) is 4.99 Å². The van der Waals surface area contributed by atoms with Crippen molar-refractivity contribution in [2.45, 2.75) is 44.6 Å². The van der Waals surface area contributed by atoms with Crippen molar-refractivity contribution < 1.29 is 13.2 Å². The summed E-state index contributed by atoms with van der Waals surface area (Å²) in [6.07, 6.45) is 7.91. The van der Waals surface area contributed by atoms with Gasteiger partial charge < -0.3 is 15.4 Å². The molecule has 140 valence electrons. The second kappa shape index (κ2) is 8.49. The lowest BCUT2D eigenvalue weighted by atomic mass is 9.67. The van der Waals surface area contributed by atoms with Crippen LogP contribution in [0.4, 0.5) is 0 Å². The SMILES string of the molecule is CN=C(NC[C@H]1CCCN1S(C)(=O)=O)NCC1(CCOC)CCC1. The zero-order valence-corrected chi connectivity index (χ0v) is 16.0. The molecular weight excluding hydrogens is 328 g/mol. The predicted molar refractivity (Wildman–Crippen MR) is 96.7 cm³/mol. The fourth-order valence-corrected chi connectivity index (χ4v) is 4.85. The molecule has 0 aromatic carbocycles. The van der Waals surface area contributed by atoms with Crippen molar-refractivity contribution in [3.63, 3.8) is 0 Å². The third kappa shape index (κ3) is 5.07. The molecule has 1 aliphatic carbocycles. The molecule has 0 amide bonds. The Hall–Kier alpha value is -0.860. The summed E-state index contributed by atoms with van der Waals surface area (Å²) in [5.74, 6) is 0.749. The zero-order chi connectivity index (χ0) is 17.6. The molecule has 1 aliphatic heterocycles. The van der Waals surface area contributed by atoms with Crippen LogP contribution >= 0.6 is 0 Å². The van der Waals surface area contributed by atoms with Gasteiger partial charge in [0, 0.05) is 46.4 Å². The number of sulfonamides is 1. The number of ether oxygens (including phenoxy) is 1. The lowest BCUT2D eigenvalue weighted by Gasteiger charge is -2.42. The van der Waals surface area contributed by atoms with Crippen LogP contribution in [0, 0.1) is 5.41 Å². The second-order valence-corrected chi connectivity index (χ2v) is 9.01. The van der Waals surface area contributed by atoms with Gasteiger partial charge in [-0.25, -0.2) is 8.42 Å². The van der Waals surface area contributed by atoms with E-state index >= 15 is 0 Å². The fourth-order valence-electron chi connectivity index (χ4n) is 3.67. The molecule has 0 aromatic rings. The summed E-state index contributed by atoms with van der Waals surface area (Å²) >= 11 is 0. The molecule has 1 atom stereocenters. The second-order valence-electron chi connectivity index (χ2n) is 7.07. The highest BCUT2D eigenvalue weighted by atomic mass is 32.2. The lowest BCUT2D eigenvalue weighted by Crippen LogP contribution is -2.50. The topological polar surface area (TPSA) is 83.0 Å². The highest BCUT2D eigenvalue weighted by Crippen LogP contribution is 2.43. The van der Waals surface area contributed by atoms with Gasteiger partial charge in [-0.15, -0.1) is 0 Å². The minimum Gasteiger partial charge on any atom is -0.385 e. The van der Waals surface area contributed by atoms with E-state index < -0.39 is 10.0 Å². The maximum absolute atomic E-state index is 11.8. The minimum absolute atomic E-state index is 0.0182. The van der Waals surface area contributed by atoms with Crippen LogP contribution in [-0.2, 0) is 14.8 Å². The molecule has 0 spiro atoms. The minimum atomic E-state index is -3.13. The molecule has 2 rings (SSSR count). The molecule has 0 radical (unpaired) electrons. The number of hydrogen-bond donors (Lipinski definition) is 2. The van der Waals surface area contributed by atoms with Crippen molar-refractivity contribution >= 4 is 16.0 Å². The summed E-state index contributed by atoms with van der Waals surface area (Å²) in [5, 5.41) is 6.71. The number of nitrogens with one attached hydrogen (secondary N) is 2. The average Bonchev–Trinajstić information content (AvgIpc) is 2.97. The molecular formula is C16H32N4O3S. The predicted octanol–water partition coefficient (Wildman–Crippen LogP) is 0.782. The van der Waals surface area contributed by atoms with Crippen molar-refractivity contribution in [2.75, 3.05) is 46.7 Å². The van der Waals surface area contributed by atoms with Crippen LogP contribution in [0.25, 0.3) is 0 Å². The van der Waals surface area contributed by atoms with Gasteiger partial charge in [0.2, 0.25) is 10.0 Å². The third-order valence-electron chi connectivity index (χ3n) is 5.36. The molecule has 2 N–H and O–H groups in total. The van der Waals surface area contributed by atoms with E-state index in [9.17, 15) is 8.42 Å². The quantitative estimate of drug-likeness (QED) is 0.494. The molecule has 0 aromatic heterocycles. The van der Waals surface area contributed by atoms with E-state index in [0.29, 0.717) is 18.5 Å². The first-order valence-electron chi connectivity index (χ1n) is 8.80. The van der Waals surface area contributed by atoms with Gasteiger partial charge in [-0.05, 0) is 37.5 Å². The summed E-state index contributed by atoms with van der Waals surface area (Å²) in [6, 6.07) is 0.0182. The van der Waals surface area contributed by atoms with Gasteiger partial charge in [-0.1, -0.05) is 6.42 Å². The van der Waals surface area contributed by atoms with E-state index in [0.717, 1.165) is 38.4 Å². The Balaban J connectivity index is 1.80. The summed E-state index contributed by atoms with van der Waals surface area (Å²) < 4.78 is 30.4. The third-order valence-corrected chi connectivity index (χ3v) is 6.69. The molecule has 7 nitrogen and oxygen atoms in total. The monoisotopic (exact) mass is 360 g/mol. The molecule has 1 saturated heterocycles. The normalized spacial score (nSPS) is 24.6. The zero-order valence-electron chi connectivity index (χ0n) is 15.2. The highest BCUT2D eigenvalue weighted by molar-refractivity contribution is 7.88. The molecule has 1 saturated carbocycles. The molecule has 2 fully saturated rings. The van der Waals surface area contributed by atoms with E-state index in [1.165, 1.54) is 25.5 Å². The Bertz CT molecular complexity index is 531. The summed E-state index contributed by atoms with van der Waals surface area (Å²) in [5.41, 5.74) is 0.319. The number of methoxy groups -OCH3 is 1. The molecule has 0 unspecified atom stereocenters. The summed E-state index contributed by atoms with van der Waals surface area (Å²) in [6.45, 7) is 2.89. The van der Waals surface area contributed by atoms with E-state index in [-0.39, 0.29) is 6.04 Å². The Morgan fingerprint density at radius 3 is 2.62 bits per heavy atom. The maximum Gasteiger partial charge on any atom is 0.211 e. The van der Waals surface area contributed by atoms with Gasteiger partial charge in [0.05, 0.1) is 6.26 Å². The Morgan fingerprint density at radius 2 is 2.08 bits per heavy atom. The van der Waals surface area contributed by atoms with Crippen LogP contribution in [0.1, 0.15) is 38.5 Å². The average molecular weight is 361 g/mol. The van der Waals surface area contributed by atoms with E-state index in [1.807, 2.05) is 0 Å². The lowest BCUT2D eigenvalue weighted by molar-refractivity contribution is 0.0732. The standard InChI is InChI=1S/C16H32N4O3S/c1-17-15(19-13-16(7-5-8-16)9-11-23-2)18-12-14-6-4-10-20(14)24(3,21)22/h14H,4-13H2,1-3H3,(H2,17,18,19)/t14-/m1/s1. The number of aliphatic imine (C=N–C) groups is 1. The Morgan fingerprint density at radius 1 is 1.33 bits per heavy atom. The first-order chi connectivity index (χ1) is 11.4. The van der Waals surface area contributed by atoms with E-state index in [4.69, 9.17) is 4.74 Å². The van der Waals surface area contributed by atoms with Gasteiger partial charge in [0.25, 0.3) is 0 Å². The number of nitrogens with zero attached hydrogens (tertiary/aromatic N) is 2. The molecule has 24 heavy (non-hydrogen) atoms. The van der Waals surface area contributed by atoms with Gasteiger partial charge in [0.1, 0.15) is 0 Å². The number of rotatable bonds is 8. The Labute approximate surface area is 146 Å². The van der Waals surface area contributed by atoms with Crippen LogP contribution in [0.5, 0.6) is 0 Å². The first-order valence-corrected chi connectivity index (χ1v) is 10.7. The van der Waals surface area contributed by atoms with Crippen LogP contribution in [0.2, 0.25) is 0 Å². The fraction of sp³-hybridized carbons (Fsp3) is 0.938. The van der Waals surface area contributed by atoms with Crippen molar-refractivity contribution in [1.82, 2.24) is 14.9 Å². The smallest absolute Gasteiger partial charge is 0.211 e. The van der Waals surface area contributed by atoms with Gasteiger partial charge in [-0.2, -0.15) is 4.31 Å². The summed E-state index contributed by atoms with van der Waals surface area (Å²) in [4.78, 5) is 4.27. The summed E-state index contributed by atoms with van der Waals surface area (Å²) in [7, 11) is 0.369. The van der Waals surface area contributed by atoms with Crippen LogP contribution < -0.4 is 10.6 Å². The van der Waals surface area contributed by atoms with Gasteiger partial charge in [-0.3, -0.25) is 4.99 Å². The van der Waals surface area contributed by atoms with Gasteiger partial charge in [0.15, 0.2) is 5.96 Å². The van der Waals surface area contributed by atoms with Crippen molar-refractivity contribution in [3.8, 4) is 0 Å². The first kappa shape index (κ1) is 19.5. The Kier molecular flexibility index (Phi) is 6.88. The van der Waals surface area contributed by atoms with Crippen molar-refractivity contribution in [3.05, 3.63) is 0 Å². The molecule has 0 bridgehead atoms. The number of hydrogen-bond acceptors (Lipinski definition) is 4. The van der Waals surface area contributed by atoms with Crippen molar-refractivity contribution in [2.24, 2.45) is 10.4 Å². The largest absolute Gasteiger partial charge is 0.385 e. The van der Waals surface area contributed by atoms with E-state index in [1.54, 1.807) is 18.5 Å². The highest BCUT2D eigenvalue weighted by Gasteiger charge is 2.36. The van der Waals surface area contributed by atoms with Crippen LogP contribution in [-0.4, -0.2) is 71.4 Å². The number of guanidine groups is 1. The van der Waals surface area contributed by atoms with Gasteiger partial charge >= 0.3 is 0 Å². The maximum atomic E-state index is 11.8.